The number of nitrogens with zero attached hydrogens (tertiary/aromatic N) is 1. The predicted molar refractivity (Wildman–Crippen MR) is 164 cm³/mol. The number of anilines is 1. The summed E-state index contributed by atoms with van der Waals surface area (Å²) in [5.41, 5.74) is 5.12. The minimum absolute atomic E-state index is 0.0647. The van der Waals surface area contributed by atoms with Crippen LogP contribution in [0.1, 0.15) is 54.2 Å². The molecule has 0 bridgehead atoms. The second-order valence-corrected chi connectivity index (χ2v) is 12.7. The molecule has 4 aromatic rings. The molecule has 0 saturated heterocycles. The number of aliphatic carboxylic acids is 1. The lowest BCUT2D eigenvalue weighted by molar-refractivity contribution is -0.136. The van der Waals surface area contributed by atoms with Gasteiger partial charge in [0.1, 0.15) is 0 Å². The van der Waals surface area contributed by atoms with Crippen molar-refractivity contribution in [3.8, 4) is 0 Å². The normalized spacial score (nSPS) is 12.1. The van der Waals surface area contributed by atoms with Crippen molar-refractivity contribution in [2.45, 2.75) is 39.2 Å². The monoisotopic (exact) mass is 573 g/mol. The van der Waals surface area contributed by atoms with Crippen molar-refractivity contribution < 1.29 is 23.1 Å². The Morgan fingerprint density at radius 2 is 1.66 bits per heavy atom. The van der Waals surface area contributed by atoms with Crippen LogP contribution in [0.3, 0.4) is 0 Å². The average Bonchev–Trinajstić information content (AvgIpc) is 3.30. The molecule has 0 unspecified atom stereocenters. The summed E-state index contributed by atoms with van der Waals surface area (Å²) in [6.45, 7) is 7.10. The first-order valence-corrected chi connectivity index (χ1v) is 15.0. The van der Waals surface area contributed by atoms with Gasteiger partial charge in [0.05, 0.1) is 12.2 Å². The number of amides is 1. The molecule has 0 saturated carbocycles. The van der Waals surface area contributed by atoms with Gasteiger partial charge in [-0.3, -0.25) is 14.3 Å². The van der Waals surface area contributed by atoms with Crippen molar-refractivity contribution in [3.05, 3.63) is 107 Å². The highest BCUT2D eigenvalue weighted by Crippen LogP contribution is 2.24. The van der Waals surface area contributed by atoms with E-state index in [9.17, 15) is 18.0 Å². The Bertz CT molecular complexity index is 1660. The highest BCUT2D eigenvalue weighted by Gasteiger charge is 2.13. The first kappa shape index (κ1) is 29.6. The number of carbonyl (C=O) groups is 2. The molecular formula is C32H35N3O5S. The Balaban J connectivity index is 1.35. The molecular weight excluding hydrogens is 538 g/mol. The van der Waals surface area contributed by atoms with Gasteiger partial charge < -0.3 is 15.0 Å². The molecule has 8 nitrogen and oxygen atoms in total. The molecule has 1 heterocycles. The van der Waals surface area contributed by atoms with Crippen molar-refractivity contribution in [2.75, 3.05) is 17.0 Å². The Morgan fingerprint density at radius 3 is 2.32 bits per heavy atom. The summed E-state index contributed by atoms with van der Waals surface area (Å²) in [4.78, 5) is 22.8. The van der Waals surface area contributed by atoms with Crippen LogP contribution in [0.4, 0.5) is 5.69 Å². The molecule has 0 radical (unpaired) electrons. The molecule has 0 aliphatic rings. The van der Waals surface area contributed by atoms with Gasteiger partial charge in [-0.1, -0.05) is 69.3 Å². The van der Waals surface area contributed by atoms with Crippen LogP contribution < -0.4 is 10.0 Å². The number of rotatable bonds is 11. The molecule has 214 valence electrons. The van der Waals surface area contributed by atoms with E-state index in [1.54, 1.807) is 24.3 Å². The fraction of sp³-hybridized carbons (Fsp3) is 0.250. The Labute approximate surface area is 240 Å². The van der Waals surface area contributed by atoms with Gasteiger partial charge in [0, 0.05) is 41.4 Å². The fourth-order valence-corrected chi connectivity index (χ4v) is 5.29. The van der Waals surface area contributed by atoms with Gasteiger partial charge in [0.2, 0.25) is 10.0 Å². The van der Waals surface area contributed by atoms with Gasteiger partial charge in [0.15, 0.2) is 0 Å². The zero-order valence-corrected chi connectivity index (χ0v) is 24.2. The third-order valence-corrected chi connectivity index (χ3v) is 7.82. The smallest absolute Gasteiger partial charge is 0.305 e. The van der Waals surface area contributed by atoms with Crippen LogP contribution in [0.15, 0.2) is 85.1 Å². The molecule has 9 heteroatoms. The number of carboxylic acid groups (broad SMARTS) is 1. The molecule has 3 aromatic carbocycles. The van der Waals surface area contributed by atoms with E-state index in [1.165, 1.54) is 5.56 Å². The Hall–Kier alpha value is -4.37. The minimum atomic E-state index is -3.57. The van der Waals surface area contributed by atoms with Crippen LogP contribution >= 0.6 is 0 Å². The fourth-order valence-electron chi connectivity index (χ4n) is 4.37. The summed E-state index contributed by atoms with van der Waals surface area (Å²) in [5.74, 6) is -1.42. The molecule has 4 rings (SSSR count). The number of aromatic nitrogens is 1. The minimum Gasteiger partial charge on any atom is -0.481 e. The van der Waals surface area contributed by atoms with E-state index in [0.29, 0.717) is 17.8 Å². The topological polar surface area (TPSA) is 118 Å². The third-order valence-electron chi connectivity index (χ3n) is 6.64. The second kappa shape index (κ2) is 12.4. The summed E-state index contributed by atoms with van der Waals surface area (Å²) in [7, 11) is -3.57. The van der Waals surface area contributed by atoms with Crippen LogP contribution in [-0.2, 0) is 26.8 Å². The van der Waals surface area contributed by atoms with Gasteiger partial charge in [0.25, 0.3) is 5.91 Å². The lowest BCUT2D eigenvalue weighted by atomic mass is 9.87. The molecule has 41 heavy (non-hydrogen) atoms. The van der Waals surface area contributed by atoms with Gasteiger partial charge in [-0.25, -0.2) is 8.42 Å². The highest BCUT2D eigenvalue weighted by molar-refractivity contribution is 7.92. The molecule has 3 N–H and O–H groups in total. The van der Waals surface area contributed by atoms with Gasteiger partial charge >= 0.3 is 5.97 Å². The number of carboxylic acids is 1. The standard InChI is InChI=1S/C32H35N3O5S/c1-32(2,3)27-12-8-23(9-13-27)5-4-20-41(39,40)34-28-14-15-29-26(21-28)17-19-35(29)22-24-6-10-25(11-7-24)31(38)33-18-16-30(36)37/h4-15,17,19,21,34H,16,18,20,22H2,1-3H3,(H,33,38)(H,36,37). The number of benzene rings is 3. The molecule has 0 fully saturated rings. The van der Waals surface area contributed by atoms with Crippen molar-refractivity contribution in [2.24, 2.45) is 0 Å². The Kier molecular flexibility index (Phi) is 8.98. The maximum absolute atomic E-state index is 12.7. The van der Waals surface area contributed by atoms with Crippen molar-refractivity contribution >= 4 is 44.6 Å². The van der Waals surface area contributed by atoms with Crippen molar-refractivity contribution in [1.82, 2.24) is 9.88 Å². The number of hydrogen-bond acceptors (Lipinski definition) is 4. The van der Waals surface area contributed by atoms with Crippen LogP contribution in [0.25, 0.3) is 17.0 Å². The number of carbonyl (C=O) groups excluding carboxylic acids is 1. The molecule has 0 aliphatic heterocycles. The predicted octanol–water partition coefficient (Wildman–Crippen LogP) is 5.65. The van der Waals surface area contributed by atoms with E-state index < -0.39 is 16.0 Å². The zero-order valence-electron chi connectivity index (χ0n) is 23.4. The highest BCUT2D eigenvalue weighted by atomic mass is 32.2. The number of sulfonamides is 1. The number of fused-ring (bicyclic) bond motifs is 1. The van der Waals surface area contributed by atoms with Crippen molar-refractivity contribution in [3.63, 3.8) is 0 Å². The van der Waals surface area contributed by atoms with Crippen LogP contribution in [0.5, 0.6) is 0 Å². The third kappa shape index (κ3) is 8.31. The summed E-state index contributed by atoms with van der Waals surface area (Å²) in [5, 5.41) is 12.2. The summed E-state index contributed by atoms with van der Waals surface area (Å²) in [6, 6.07) is 22.6. The Morgan fingerprint density at radius 1 is 0.951 bits per heavy atom. The maximum atomic E-state index is 12.7. The lowest BCUT2D eigenvalue weighted by Crippen LogP contribution is -2.25. The second-order valence-electron chi connectivity index (χ2n) is 11.0. The van der Waals surface area contributed by atoms with Gasteiger partial charge in [-0.05, 0) is 58.5 Å². The number of hydrogen-bond donors (Lipinski definition) is 3. The van der Waals surface area contributed by atoms with Gasteiger partial charge in [-0.2, -0.15) is 0 Å². The molecule has 0 atom stereocenters. The molecule has 1 aromatic heterocycles. The summed E-state index contributed by atoms with van der Waals surface area (Å²) < 4.78 is 30.1. The molecule has 0 spiro atoms. The largest absolute Gasteiger partial charge is 0.481 e. The van der Waals surface area contributed by atoms with E-state index in [0.717, 1.165) is 22.0 Å². The van der Waals surface area contributed by atoms with E-state index in [2.05, 4.69) is 42.9 Å². The van der Waals surface area contributed by atoms with Gasteiger partial charge in [-0.15, -0.1) is 0 Å². The van der Waals surface area contributed by atoms with E-state index in [4.69, 9.17) is 5.11 Å². The maximum Gasteiger partial charge on any atom is 0.305 e. The summed E-state index contributed by atoms with van der Waals surface area (Å²) >= 11 is 0. The van der Waals surface area contributed by atoms with Crippen LogP contribution in [0, 0.1) is 0 Å². The summed E-state index contributed by atoms with van der Waals surface area (Å²) in [6.07, 6.45) is 5.27. The van der Waals surface area contributed by atoms with E-state index in [-0.39, 0.29) is 30.0 Å². The van der Waals surface area contributed by atoms with Crippen molar-refractivity contribution in [1.29, 1.82) is 0 Å². The average molecular weight is 574 g/mol. The molecule has 1 amide bonds. The number of nitrogens with one attached hydrogen (secondary N) is 2. The molecule has 0 aliphatic carbocycles. The zero-order chi connectivity index (χ0) is 29.6. The SMILES string of the molecule is CC(C)(C)c1ccc(C=CCS(=O)(=O)Nc2ccc3c(ccn3Cc3ccc(C(=O)NCCC(=O)O)cc3)c2)cc1. The van der Waals surface area contributed by atoms with Crippen LogP contribution in [-0.4, -0.2) is 42.3 Å². The quantitative estimate of drug-likeness (QED) is 0.214. The lowest BCUT2D eigenvalue weighted by Gasteiger charge is -2.18. The first-order valence-electron chi connectivity index (χ1n) is 13.3. The first-order chi connectivity index (χ1) is 19.4. The van der Waals surface area contributed by atoms with E-state index in [1.807, 2.05) is 59.3 Å². The van der Waals surface area contributed by atoms with Crippen LogP contribution in [0.2, 0.25) is 0 Å². The van der Waals surface area contributed by atoms with E-state index >= 15 is 0 Å².